The third-order valence-electron chi connectivity index (χ3n) is 4.34. The van der Waals surface area contributed by atoms with E-state index in [0.717, 1.165) is 19.3 Å². The van der Waals surface area contributed by atoms with Crippen molar-refractivity contribution in [3.8, 4) is 0 Å². The molecule has 1 amide bonds. The van der Waals surface area contributed by atoms with Gasteiger partial charge in [-0.25, -0.2) is 9.59 Å². The Morgan fingerprint density at radius 1 is 1.26 bits per heavy atom. The Morgan fingerprint density at radius 2 is 1.87 bits per heavy atom. The van der Waals surface area contributed by atoms with E-state index < -0.39 is 23.1 Å². The lowest BCUT2D eigenvalue weighted by Crippen LogP contribution is -2.43. The van der Waals surface area contributed by atoms with E-state index in [2.05, 4.69) is 0 Å². The van der Waals surface area contributed by atoms with Gasteiger partial charge in [0.15, 0.2) is 6.10 Å². The number of piperidine rings is 1. The molecule has 0 aromatic rings. The zero-order chi connectivity index (χ0) is 17.8. The number of aliphatic hydroxyl groups excluding tert-OH is 1. The third-order valence-corrected chi connectivity index (χ3v) is 4.34. The van der Waals surface area contributed by atoms with Crippen molar-refractivity contribution in [2.24, 2.45) is 11.3 Å². The van der Waals surface area contributed by atoms with Crippen LogP contribution in [0, 0.1) is 11.3 Å². The van der Waals surface area contributed by atoms with Gasteiger partial charge in [0, 0.05) is 18.5 Å². The molecule has 0 saturated carbocycles. The maximum atomic E-state index is 12.1. The second kappa shape index (κ2) is 7.51. The van der Waals surface area contributed by atoms with Gasteiger partial charge in [0.25, 0.3) is 0 Å². The number of rotatable bonds is 5. The number of carbonyl (C=O) groups is 2. The number of likely N-dealkylation sites (tertiary alicyclic amines) is 1. The Labute approximate surface area is 138 Å². The molecule has 1 rings (SSSR count). The molecule has 23 heavy (non-hydrogen) atoms. The van der Waals surface area contributed by atoms with Crippen LogP contribution in [0.2, 0.25) is 0 Å². The number of hydrogen-bond donors (Lipinski definition) is 2. The predicted octanol–water partition coefficient (Wildman–Crippen LogP) is 2.89. The molecule has 0 radical (unpaired) electrons. The van der Waals surface area contributed by atoms with E-state index in [9.17, 15) is 14.7 Å². The molecule has 1 aliphatic rings. The minimum absolute atomic E-state index is 0.285. The summed E-state index contributed by atoms with van der Waals surface area (Å²) in [5, 5.41) is 18.7. The van der Waals surface area contributed by atoms with Crippen LogP contribution in [-0.2, 0) is 9.53 Å². The van der Waals surface area contributed by atoms with Crippen molar-refractivity contribution in [3.05, 3.63) is 0 Å². The fourth-order valence-corrected chi connectivity index (χ4v) is 2.84. The van der Waals surface area contributed by atoms with Crippen molar-refractivity contribution in [1.82, 2.24) is 4.90 Å². The summed E-state index contributed by atoms with van der Waals surface area (Å²) in [5.41, 5.74) is -1.18. The second-order valence-corrected chi connectivity index (χ2v) is 8.20. The number of carbonyl (C=O) groups excluding carboxylic acids is 1. The number of hydrogen-bond acceptors (Lipinski definition) is 4. The predicted molar refractivity (Wildman–Crippen MR) is 87.2 cm³/mol. The summed E-state index contributed by atoms with van der Waals surface area (Å²) in [4.78, 5) is 24.8. The Balaban J connectivity index is 2.53. The van der Waals surface area contributed by atoms with Gasteiger partial charge in [0.2, 0.25) is 0 Å². The quantitative estimate of drug-likeness (QED) is 0.810. The van der Waals surface area contributed by atoms with Crippen molar-refractivity contribution in [2.45, 2.75) is 72.0 Å². The van der Waals surface area contributed by atoms with Crippen LogP contribution in [-0.4, -0.2) is 52.0 Å². The summed E-state index contributed by atoms with van der Waals surface area (Å²) in [6.07, 6.45) is 1.67. The van der Waals surface area contributed by atoms with Gasteiger partial charge in [0.05, 0.1) is 0 Å². The van der Waals surface area contributed by atoms with Crippen LogP contribution in [0.25, 0.3) is 0 Å². The molecule has 0 aromatic carbocycles. The third kappa shape index (κ3) is 6.37. The summed E-state index contributed by atoms with van der Waals surface area (Å²) >= 11 is 0. The fourth-order valence-electron chi connectivity index (χ4n) is 2.84. The van der Waals surface area contributed by atoms with E-state index in [1.165, 1.54) is 0 Å². The van der Waals surface area contributed by atoms with Gasteiger partial charge >= 0.3 is 12.1 Å². The standard InChI is InChI=1S/C17H31NO5/c1-16(2,3)23-15(22)18-10-6-7-12(11-18)8-9-17(4,5)13(19)14(20)21/h12-13,19H,6-11H2,1-5H3,(H,20,21). The summed E-state index contributed by atoms with van der Waals surface area (Å²) in [7, 11) is 0. The maximum absolute atomic E-state index is 12.1. The summed E-state index contributed by atoms with van der Waals surface area (Å²) in [5.74, 6) is -0.870. The average Bonchev–Trinajstić information content (AvgIpc) is 2.43. The first kappa shape index (κ1) is 19.7. The van der Waals surface area contributed by atoms with Crippen molar-refractivity contribution < 1.29 is 24.5 Å². The van der Waals surface area contributed by atoms with Crippen LogP contribution in [0.4, 0.5) is 4.79 Å². The van der Waals surface area contributed by atoms with Crippen LogP contribution in [0.1, 0.15) is 60.3 Å². The van der Waals surface area contributed by atoms with E-state index in [4.69, 9.17) is 9.84 Å². The summed E-state index contributed by atoms with van der Waals surface area (Å²) < 4.78 is 5.41. The van der Waals surface area contributed by atoms with Crippen LogP contribution in [0.15, 0.2) is 0 Å². The zero-order valence-corrected chi connectivity index (χ0v) is 15.0. The number of carboxylic acid groups (broad SMARTS) is 1. The molecule has 1 fully saturated rings. The Bertz CT molecular complexity index is 427. The summed E-state index contributed by atoms with van der Waals surface area (Å²) in [6, 6.07) is 0. The van der Waals surface area contributed by atoms with E-state index in [1.807, 2.05) is 20.8 Å². The first-order valence-corrected chi connectivity index (χ1v) is 8.31. The van der Waals surface area contributed by atoms with Crippen LogP contribution in [0.5, 0.6) is 0 Å². The van der Waals surface area contributed by atoms with E-state index in [-0.39, 0.29) is 6.09 Å². The topological polar surface area (TPSA) is 87.1 Å². The highest BCUT2D eigenvalue weighted by Crippen LogP contribution is 2.32. The Morgan fingerprint density at radius 3 is 2.39 bits per heavy atom. The smallest absolute Gasteiger partial charge is 0.410 e. The van der Waals surface area contributed by atoms with Crippen LogP contribution >= 0.6 is 0 Å². The van der Waals surface area contributed by atoms with Crippen LogP contribution < -0.4 is 0 Å². The molecule has 0 spiro atoms. The van der Waals surface area contributed by atoms with Gasteiger partial charge in [-0.05, 0) is 52.4 Å². The molecule has 2 unspecified atom stereocenters. The minimum Gasteiger partial charge on any atom is -0.479 e. The van der Waals surface area contributed by atoms with Gasteiger partial charge in [-0.15, -0.1) is 0 Å². The fraction of sp³-hybridized carbons (Fsp3) is 0.882. The molecule has 2 N–H and O–H groups in total. The molecule has 0 aliphatic carbocycles. The van der Waals surface area contributed by atoms with Gasteiger partial charge in [-0.3, -0.25) is 0 Å². The van der Waals surface area contributed by atoms with Crippen LogP contribution in [0.3, 0.4) is 0 Å². The van der Waals surface area contributed by atoms with Crippen molar-refractivity contribution >= 4 is 12.1 Å². The highest BCUT2D eigenvalue weighted by molar-refractivity contribution is 5.72. The largest absolute Gasteiger partial charge is 0.479 e. The van der Waals surface area contributed by atoms with Gasteiger partial charge < -0.3 is 19.8 Å². The number of carboxylic acids is 1. The number of aliphatic carboxylic acids is 1. The molecule has 1 aliphatic heterocycles. The second-order valence-electron chi connectivity index (χ2n) is 8.20. The lowest BCUT2D eigenvalue weighted by atomic mass is 9.78. The molecule has 1 heterocycles. The zero-order valence-electron chi connectivity index (χ0n) is 15.0. The number of amides is 1. The first-order valence-electron chi connectivity index (χ1n) is 8.31. The van der Waals surface area contributed by atoms with Crippen molar-refractivity contribution in [3.63, 3.8) is 0 Å². The van der Waals surface area contributed by atoms with Crippen molar-refractivity contribution in [2.75, 3.05) is 13.1 Å². The van der Waals surface area contributed by atoms with E-state index in [1.54, 1.807) is 18.7 Å². The molecular formula is C17H31NO5. The molecule has 0 bridgehead atoms. The maximum Gasteiger partial charge on any atom is 0.410 e. The first-order chi connectivity index (χ1) is 10.4. The molecule has 134 valence electrons. The Kier molecular flexibility index (Phi) is 6.45. The molecule has 0 aromatic heterocycles. The molecule has 2 atom stereocenters. The lowest BCUT2D eigenvalue weighted by Gasteiger charge is -2.36. The molecule has 6 heteroatoms. The lowest BCUT2D eigenvalue weighted by molar-refractivity contribution is -0.153. The molecule has 6 nitrogen and oxygen atoms in total. The Hall–Kier alpha value is -1.30. The van der Waals surface area contributed by atoms with E-state index in [0.29, 0.717) is 25.4 Å². The normalized spacial score (nSPS) is 21.0. The van der Waals surface area contributed by atoms with E-state index >= 15 is 0 Å². The number of nitrogens with zero attached hydrogens (tertiary/aromatic N) is 1. The molecular weight excluding hydrogens is 298 g/mol. The number of aliphatic hydroxyl groups is 1. The summed E-state index contributed by atoms with van der Waals surface area (Å²) in [6.45, 7) is 10.4. The highest BCUT2D eigenvalue weighted by atomic mass is 16.6. The average molecular weight is 329 g/mol. The monoisotopic (exact) mass is 329 g/mol. The van der Waals surface area contributed by atoms with Gasteiger partial charge in [-0.2, -0.15) is 0 Å². The minimum atomic E-state index is -1.37. The van der Waals surface area contributed by atoms with Gasteiger partial charge in [-0.1, -0.05) is 13.8 Å². The number of ether oxygens (including phenoxy) is 1. The molecule has 1 saturated heterocycles. The highest BCUT2D eigenvalue weighted by Gasteiger charge is 2.35. The van der Waals surface area contributed by atoms with Crippen molar-refractivity contribution in [1.29, 1.82) is 0 Å². The SMILES string of the molecule is CC(C)(C)OC(=O)N1CCCC(CCC(C)(C)C(O)C(=O)O)C1. The van der Waals surface area contributed by atoms with Gasteiger partial charge in [0.1, 0.15) is 5.60 Å².